The lowest BCUT2D eigenvalue weighted by molar-refractivity contribution is -0.115. The Morgan fingerprint density at radius 3 is 2.00 bits per heavy atom. The van der Waals surface area contributed by atoms with E-state index in [0.29, 0.717) is 25.0 Å². The maximum absolute atomic E-state index is 14.4. The molecule has 2 aliphatic carbocycles. The van der Waals surface area contributed by atoms with E-state index in [1.54, 1.807) is 0 Å². The summed E-state index contributed by atoms with van der Waals surface area (Å²) >= 11 is 0. The minimum absolute atomic E-state index is 0.0164. The molecule has 218 valence electrons. The molecule has 3 heterocycles. The van der Waals surface area contributed by atoms with Gasteiger partial charge < -0.3 is 14.4 Å². The van der Waals surface area contributed by atoms with Crippen molar-refractivity contribution >= 4 is 39.2 Å². The first-order valence-electron chi connectivity index (χ1n) is 15.6. The molecule has 0 radical (unpaired) electrons. The Kier molecular flexibility index (Phi) is 5.77. The van der Waals surface area contributed by atoms with Gasteiger partial charge in [0.25, 0.3) is 17.4 Å². The highest BCUT2D eigenvalue weighted by Crippen LogP contribution is 2.62. The van der Waals surface area contributed by atoms with Crippen molar-refractivity contribution in [3.8, 4) is 0 Å². The summed E-state index contributed by atoms with van der Waals surface area (Å²) in [5.41, 5.74) is 9.49. The second-order valence-corrected chi connectivity index (χ2v) is 14.3. The number of hydrogen-bond acceptors (Lipinski definition) is 3. The van der Waals surface area contributed by atoms with Crippen LogP contribution in [0, 0.1) is 31.6 Å². The van der Waals surface area contributed by atoms with Crippen LogP contribution >= 0.6 is 0 Å². The maximum Gasteiger partial charge on any atom is 0.258 e. The van der Waals surface area contributed by atoms with Gasteiger partial charge >= 0.3 is 0 Å². The molecule has 0 bridgehead atoms. The highest BCUT2D eigenvalue weighted by atomic mass is 16.2. The Bertz CT molecular complexity index is 1900. The van der Waals surface area contributed by atoms with Crippen molar-refractivity contribution in [2.45, 2.75) is 80.7 Å². The molecule has 42 heavy (non-hydrogen) atoms. The van der Waals surface area contributed by atoms with Gasteiger partial charge in [0.2, 0.25) is 0 Å². The number of aryl methyl sites for hydroxylation is 2. The molecule has 4 aliphatic rings. The largest absolute Gasteiger partial charge is 0.311 e. The molecule has 1 aromatic heterocycles. The van der Waals surface area contributed by atoms with E-state index >= 15 is 0 Å². The summed E-state index contributed by atoms with van der Waals surface area (Å²) in [6, 6.07) is 4.03. The summed E-state index contributed by atoms with van der Waals surface area (Å²) in [7, 11) is 0. The normalized spacial score (nSPS) is 20.6. The zero-order valence-corrected chi connectivity index (χ0v) is 26.3. The van der Waals surface area contributed by atoms with Crippen LogP contribution in [-0.4, -0.2) is 34.4 Å². The van der Waals surface area contributed by atoms with Gasteiger partial charge in [0.15, 0.2) is 0 Å². The van der Waals surface area contributed by atoms with Crippen molar-refractivity contribution in [2.24, 2.45) is 17.8 Å². The molecular weight excluding hydrogens is 522 g/mol. The molecule has 2 aromatic carbocycles. The van der Waals surface area contributed by atoms with E-state index < -0.39 is 0 Å². The summed E-state index contributed by atoms with van der Waals surface area (Å²) in [5, 5.41) is 2.70. The summed E-state index contributed by atoms with van der Waals surface area (Å²) in [5.74, 6) is 0.549. The van der Waals surface area contributed by atoms with Crippen LogP contribution in [0.4, 0.5) is 5.69 Å². The van der Waals surface area contributed by atoms with Crippen molar-refractivity contribution in [3.63, 3.8) is 0 Å². The first-order chi connectivity index (χ1) is 19.8. The molecule has 0 saturated carbocycles. The van der Waals surface area contributed by atoms with Gasteiger partial charge in [0, 0.05) is 64.5 Å². The molecule has 2 unspecified atom stereocenters. The Balaban J connectivity index is 1.76. The Morgan fingerprint density at radius 1 is 0.714 bits per heavy atom. The van der Waals surface area contributed by atoms with Crippen LogP contribution in [0.5, 0.6) is 0 Å². The van der Waals surface area contributed by atoms with Crippen molar-refractivity contribution in [3.05, 3.63) is 73.2 Å². The van der Waals surface area contributed by atoms with Crippen molar-refractivity contribution in [1.29, 1.82) is 0 Å². The average Bonchev–Trinajstić information content (AvgIpc) is 2.89. The molecule has 2 aliphatic heterocycles. The lowest BCUT2D eigenvalue weighted by Crippen LogP contribution is -2.49. The number of rotatable bonds is 6. The molecule has 0 N–H and O–H groups in total. The van der Waals surface area contributed by atoms with Crippen LogP contribution in [0.2, 0.25) is 0 Å². The number of nitrogens with zero attached hydrogens (tertiary/aromatic N) is 3. The second kappa shape index (κ2) is 8.92. The van der Waals surface area contributed by atoms with Crippen LogP contribution in [0.3, 0.4) is 0 Å². The monoisotopic (exact) mass is 563 g/mol. The Hall–Kier alpha value is -3.67. The molecular formula is C36H41N3O3. The van der Waals surface area contributed by atoms with Crippen LogP contribution in [0.1, 0.15) is 92.9 Å². The molecule has 3 aromatic rings. The number of pyridine rings is 1. The molecule has 0 fully saturated rings. The van der Waals surface area contributed by atoms with Crippen LogP contribution in [0.15, 0.2) is 39.8 Å². The third kappa shape index (κ3) is 3.35. The highest BCUT2D eigenvalue weighted by molar-refractivity contribution is 6.22. The topological polar surface area (TPSA) is 62.6 Å². The average molecular weight is 564 g/mol. The number of anilines is 1. The number of carbonyl (C=O) groups excluding carboxylic acids is 2. The molecule has 0 spiro atoms. The summed E-state index contributed by atoms with van der Waals surface area (Å²) < 4.78 is 1.96. The summed E-state index contributed by atoms with van der Waals surface area (Å²) in [4.78, 5) is 47.2. The second-order valence-electron chi connectivity index (χ2n) is 14.3. The van der Waals surface area contributed by atoms with Gasteiger partial charge in [-0.25, -0.2) is 0 Å². The smallest absolute Gasteiger partial charge is 0.258 e. The third-order valence-electron chi connectivity index (χ3n) is 9.59. The molecule has 7 rings (SSSR count). The number of allylic oxidation sites excluding steroid dienone is 3. The SMILES string of the molecule is CC1=C2C3c4c(cc(C)c5c4c4c6c(c(C)cc4c(=O)n5CC(C)C)N(CC(C)C)C(=O)C(=C1)C63)C(=O)N2CC(C)C. The maximum atomic E-state index is 14.4. The summed E-state index contributed by atoms with van der Waals surface area (Å²) in [6.07, 6.45) is 2.05. The molecule has 2 amide bonds. The van der Waals surface area contributed by atoms with Crippen molar-refractivity contribution in [1.82, 2.24) is 9.47 Å². The standard InChI is InChI=1S/C36H41N3O3/c1-16(2)13-37-31-19(7)10-23-26-28(31)25-22(34(37)40)11-20(8)32-29(25)27-24(36(42)38(32)14-17(3)4)12-21(9)33(30(26)27)39(35(23)41)15-18(5)6/h10-12,16-18,25,29H,13-15H2,1-9H3. The van der Waals surface area contributed by atoms with Crippen molar-refractivity contribution in [2.75, 3.05) is 18.0 Å². The van der Waals surface area contributed by atoms with Crippen molar-refractivity contribution < 1.29 is 9.59 Å². The van der Waals surface area contributed by atoms with Crippen LogP contribution < -0.4 is 10.5 Å². The van der Waals surface area contributed by atoms with Crippen LogP contribution in [-0.2, 0) is 11.3 Å². The minimum Gasteiger partial charge on any atom is -0.311 e. The highest BCUT2D eigenvalue weighted by Gasteiger charge is 2.53. The molecule has 6 nitrogen and oxygen atoms in total. The third-order valence-corrected chi connectivity index (χ3v) is 9.59. The van der Waals surface area contributed by atoms with Crippen LogP contribution in [0.25, 0.3) is 21.7 Å². The number of hydrogen-bond donors (Lipinski definition) is 0. The Labute approximate surface area is 247 Å². The predicted molar refractivity (Wildman–Crippen MR) is 169 cm³/mol. The Morgan fingerprint density at radius 2 is 1.36 bits per heavy atom. The fourth-order valence-electron chi connectivity index (χ4n) is 8.42. The molecule has 0 saturated heterocycles. The predicted octanol–water partition coefficient (Wildman–Crippen LogP) is 6.94. The van der Waals surface area contributed by atoms with E-state index in [2.05, 4.69) is 55.4 Å². The van der Waals surface area contributed by atoms with E-state index in [-0.39, 0.29) is 47.0 Å². The van der Waals surface area contributed by atoms with Gasteiger partial charge in [-0.3, -0.25) is 14.4 Å². The van der Waals surface area contributed by atoms with E-state index in [9.17, 15) is 14.4 Å². The van der Waals surface area contributed by atoms with Gasteiger partial charge in [-0.15, -0.1) is 0 Å². The van der Waals surface area contributed by atoms with Gasteiger partial charge in [-0.1, -0.05) is 41.5 Å². The van der Waals surface area contributed by atoms with Gasteiger partial charge in [-0.2, -0.15) is 0 Å². The number of benzene rings is 2. The van der Waals surface area contributed by atoms with E-state index in [0.717, 1.165) is 66.6 Å². The van der Waals surface area contributed by atoms with Gasteiger partial charge in [0.1, 0.15) is 0 Å². The lowest BCUT2D eigenvalue weighted by atomic mass is 9.61. The van der Waals surface area contributed by atoms with E-state index in [4.69, 9.17) is 0 Å². The number of amides is 2. The first-order valence-corrected chi connectivity index (χ1v) is 15.6. The number of aromatic nitrogens is 1. The fourth-order valence-corrected chi connectivity index (χ4v) is 8.42. The quantitative estimate of drug-likeness (QED) is 0.305. The fraction of sp³-hybridized carbons (Fsp3) is 0.472. The van der Waals surface area contributed by atoms with E-state index in [1.807, 2.05) is 39.5 Å². The van der Waals surface area contributed by atoms with Gasteiger partial charge in [-0.05, 0) is 84.6 Å². The molecule has 2 atom stereocenters. The zero-order valence-electron chi connectivity index (χ0n) is 26.3. The number of carbonyl (C=O) groups is 2. The summed E-state index contributed by atoms with van der Waals surface area (Å²) in [6.45, 7) is 20.9. The zero-order chi connectivity index (χ0) is 30.1. The minimum atomic E-state index is -0.225. The van der Waals surface area contributed by atoms with E-state index in [1.165, 1.54) is 0 Å². The first kappa shape index (κ1) is 27.2. The van der Waals surface area contributed by atoms with Gasteiger partial charge in [0.05, 0.1) is 11.2 Å². The lowest BCUT2D eigenvalue weighted by Gasteiger charge is -2.51. The molecule has 6 heteroatoms.